The lowest BCUT2D eigenvalue weighted by Gasteiger charge is -2.25. The van der Waals surface area contributed by atoms with E-state index in [9.17, 15) is 0 Å². The van der Waals surface area contributed by atoms with Crippen LogP contribution in [0.25, 0.3) is 0 Å². The Kier molecular flexibility index (Phi) is 3.37. The summed E-state index contributed by atoms with van der Waals surface area (Å²) in [5.41, 5.74) is 6.52. The maximum Gasteiger partial charge on any atom is 0.149 e. The minimum Gasteiger partial charge on any atom is -0.396 e. The summed E-state index contributed by atoms with van der Waals surface area (Å²) in [5.74, 6) is 0.750. The molecule has 1 heterocycles. The molecule has 0 aliphatic rings. The quantitative estimate of drug-likeness (QED) is 0.876. The fourth-order valence-corrected chi connectivity index (χ4v) is 1.32. The van der Waals surface area contributed by atoms with Gasteiger partial charge in [0.25, 0.3) is 0 Å². The second-order valence-corrected chi connectivity index (χ2v) is 4.87. The summed E-state index contributed by atoms with van der Waals surface area (Å²) in [6, 6.07) is 1.85. The van der Waals surface area contributed by atoms with Gasteiger partial charge in [0.1, 0.15) is 5.82 Å². The first kappa shape index (κ1) is 11.3. The van der Waals surface area contributed by atoms with Gasteiger partial charge in [-0.25, -0.2) is 4.98 Å². The zero-order valence-electron chi connectivity index (χ0n) is 8.76. The van der Waals surface area contributed by atoms with Gasteiger partial charge in [0.2, 0.25) is 0 Å². The topological polar surface area (TPSA) is 50.9 Å². The third kappa shape index (κ3) is 2.87. The number of rotatable bonds is 3. The van der Waals surface area contributed by atoms with Crippen LogP contribution >= 0.6 is 15.9 Å². The molecule has 0 aromatic carbocycles. The summed E-state index contributed by atoms with van der Waals surface area (Å²) in [6.07, 6.45) is 2.76. The fourth-order valence-electron chi connectivity index (χ4n) is 0.968. The zero-order valence-corrected chi connectivity index (χ0v) is 10.4. The van der Waals surface area contributed by atoms with E-state index in [2.05, 4.69) is 47.0 Å². The number of anilines is 2. The molecule has 1 aromatic heterocycles. The number of nitrogens with one attached hydrogen (secondary N) is 1. The highest BCUT2D eigenvalue weighted by atomic mass is 79.9. The number of halogens is 1. The molecule has 0 aliphatic heterocycles. The standard InChI is InChI=1S/C10H16BrN3/c1-4-10(2,3)14-9-8(12)5-7(11)6-13-9/h5-6H,4,12H2,1-3H3,(H,13,14). The molecule has 14 heavy (non-hydrogen) atoms. The smallest absolute Gasteiger partial charge is 0.149 e. The molecule has 0 saturated heterocycles. The van der Waals surface area contributed by atoms with Gasteiger partial charge >= 0.3 is 0 Å². The zero-order chi connectivity index (χ0) is 10.8. The van der Waals surface area contributed by atoms with Gasteiger partial charge in [-0.2, -0.15) is 0 Å². The fraction of sp³-hybridized carbons (Fsp3) is 0.500. The first-order valence-corrected chi connectivity index (χ1v) is 5.43. The summed E-state index contributed by atoms with van der Waals surface area (Å²) in [4.78, 5) is 4.23. The van der Waals surface area contributed by atoms with Crippen molar-refractivity contribution in [3.8, 4) is 0 Å². The molecule has 1 rings (SSSR count). The van der Waals surface area contributed by atoms with E-state index in [1.165, 1.54) is 0 Å². The van der Waals surface area contributed by atoms with Gasteiger partial charge in [-0.15, -0.1) is 0 Å². The normalized spacial score (nSPS) is 11.4. The molecule has 78 valence electrons. The highest BCUT2D eigenvalue weighted by Gasteiger charge is 2.16. The second kappa shape index (κ2) is 4.17. The van der Waals surface area contributed by atoms with Gasteiger partial charge in [-0.3, -0.25) is 0 Å². The average molecular weight is 258 g/mol. The number of hydrogen-bond acceptors (Lipinski definition) is 3. The molecule has 0 radical (unpaired) electrons. The molecular weight excluding hydrogens is 242 g/mol. The average Bonchev–Trinajstić information content (AvgIpc) is 2.10. The van der Waals surface area contributed by atoms with Crippen molar-refractivity contribution >= 4 is 27.4 Å². The van der Waals surface area contributed by atoms with E-state index in [0.717, 1.165) is 16.7 Å². The molecule has 0 atom stereocenters. The van der Waals surface area contributed by atoms with Crippen LogP contribution in [0.2, 0.25) is 0 Å². The molecule has 0 saturated carbocycles. The molecule has 0 unspecified atom stereocenters. The maximum atomic E-state index is 5.83. The van der Waals surface area contributed by atoms with Crippen LogP contribution in [0.5, 0.6) is 0 Å². The van der Waals surface area contributed by atoms with Crippen molar-refractivity contribution in [1.82, 2.24) is 4.98 Å². The molecule has 3 nitrogen and oxygen atoms in total. The number of pyridine rings is 1. The highest BCUT2D eigenvalue weighted by Crippen LogP contribution is 2.23. The number of nitrogens with zero attached hydrogens (tertiary/aromatic N) is 1. The van der Waals surface area contributed by atoms with E-state index in [4.69, 9.17) is 5.73 Å². The third-order valence-corrected chi connectivity index (χ3v) is 2.66. The van der Waals surface area contributed by atoms with Crippen molar-refractivity contribution in [1.29, 1.82) is 0 Å². The number of nitrogens with two attached hydrogens (primary N) is 1. The molecule has 0 bridgehead atoms. The summed E-state index contributed by atoms with van der Waals surface area (Å²) in [6.45, 7) is 6.37. The van der Waals surface area contributed by atoms with E-state index >= 15 is 0 Å². The summed E-state index contributed by atoms with van der Waals surface area (Å²) in [5, 5.41) is 3.31. The Morgan fingerprint density at radius 2 is 2.21 bits per heavy atom. The minimum absolute atomic E-state index is 0.0228. The lowest BCUT2D eigenvalue weighted by Crippen LogP contribution is -2.30. The SMILES string of the molecule is CCC(C)(C)Nc1ncc(Br)cc1N. The Balaban J connectivity index is 2.87. The van der Waals surface area contributed by atoms with Crippen molar-refractivity contribution in [2.24, 2.45) is 0 Å². The van der Waals surface area contributed by atoms with Crippen molar-refractivity contribution in [3.05, 3.63) is 16.7 Å². The van der Waals surface area contributed by atoms with Crippen LogP contribution < -0.4 is 11.1 Å². The van der Waals surface area contributed by atoms with Crippen LogP contribution in [0.3, 0.4) is 0 Å². The van der Waals surface area contributed by atoms with Crippen molar-refractivity contribution in [3.63, 3.8) is 0 Å². The Morgan fingerprint density at radius 3 is 2.71 bits per heavy atom. The first-order chi connectivity index (χ1) is 6.44. The Labute approximate surface area is 93.2 Å². The van der Waals surface area contributed by atoms with E-state index in [1.807, 2.05) is 6.07 Å². The lowest BCUT2D eigenvalue weighted by molar-refractivity contribution is 0.545. The molecule has 0 spiro atoms. The molecule has 1 aromatic rings. The largest absolute Gasteiger partial charge is 0.396 e. The molecule has 0 aliphatic carbocycles. The van der Waals surface area contributed by atoms with Crippen LogP contribution in [-0.2, 0) is 0 Å². The minimum atomic E-state index is 0.0228. The van der Waals surface area contributed by atoms with E-state index < -0.39 is 0 Å². The highest BCUT2D eigenvalue weighted by molar-refractivity contribution is 9.10. The van der Waals surface area contributed by atoms with Crippen LogP contribution in [0.1, 0.15) is 27.2 Å². The van der Waals surface area contributed by atoms with Crippen molar-refractivity contribution < 1.29 is 0 Å². The number of nitrogen functional groups attached to an aromatic ring is 1. The van der Waals surface area contributed by atoms with Gasteiger partial charge in [0, 0.05) is 16.2 Å². The maximum absolute atomic E-state index is 5.83. The Morgan fingerprint density at radius 1 is 1.57 bits per heavy atom. The summed E-state index contributed by atoms with van der Waals surface area (Å²) >= 11 is 3.32. The van der Waals surface area contributed by atoms with Crippen molar-refractivity contribution in [2.75, 3.05) is 11.1 Å². The van der Waals surface area contributed by atoms with E-state index in [-0.39, 0.29) is 5.54 Å². The van der Waals surface area contributed by atoms with Crippen molar-refractivity contribution in [2.45, 2.75) is 32.7 Å². The monoisotopic (exact) mass is 257 g/mol. The molecule has 0 fully saturated rings. The van der Waals surface area contributed by atoms with Gasteiger partial charge in [0.05, 0.1) is 5.69 Å². The van der Waals surface area contributed by atoms with Crippen LogP contribution in [-0.4, -0.2) is 10.5 Å². The van der Waals surface area contributed by atoms with Gasteiger partial charge in [0.15, 0.2) is 0 Å². The number of aromatic nitrogens is 1. The third-order valence-electron chi connectivity index (χ3n) is 2.22. The second-order valence-electron chi connectivity index (χ2n) is 3.95. The predicted molar refractivity (Wildman–Crippen MR) is 64.3 cm³/mol. The summed E-state index contributed by atoms with van der Waals surface area (Å²) < 4.78 is 0.898. The molecule has 0 amide bonds. The molecular formula is C10H16BrN3. The molecule has 4 heteroatoms. The van der Waals surface area contributed by atoms with Crippen LogP contribution in [0.15, 0.2) is 16.7 Å². The Hall–Kier alpha value is -0.770. The Bertz CT molecular complexity index is 323. The summed E-state index contributed by atoms with van der Waals surface area (Å²) in [7, 11) is 0. The molecule has 3 N–H and O–H groups in total. The van der Waals surface area contributed by atoms with Gasteiger partial charge < -0.3 is 11.1 Å². The van der Waals surface area contributed by atoms with Crippen LogP contribution in [0, 0.1) is 0 Å². The van der Waals surface area contributed by atoms with E-state index in [1.54, 1.807) is 6.20 Å². The number of hydrogen-bond donors (Lipinski definition) is 2. The predicted octanol–water partition coefficient (Wildman–Crippen LogP) is 3.03. The first-order valence-electron chi connectivity index (χ1n) is 4.64. The van der Waals surface area contributed by atoms with Gasteiger partial charge in [-0.1, -0.05) is 6.92 Å². The van der Waals surface area contributed by atoms with Crippen LogP contribution in [0.4, 0.5) is 11.5 Å². The lowest BCUT2D eigenvalue weighted by atomic mass is 10.0. The van der Waals surface area contributed by atoms with E-state index in [0.29, 0.717) is 5.69 Å². The van der Waals surface area contributed by atoms with Gasteiger partial charge in [-0.05, 0) is 42.3 Å².